The molecule has 1 saturated carbocycles. The summed E-state index contributed by atoms with van der Waals surface area (Å²) in [6.45, 7) is 0. The van der Waals surface area contributed by atoms with Crippen molar-refractivity contribution in [1.82, 2.24) is 9.97 Å². The van der Waals surface area contributed by atoms with Gasteiger partial charge in [-0.1, -0.05) is 0 Å². The molecule has 6 heteroatoms. The first-order valence-electron chi connectivity index (χ1n) is 5.13. The number of aromatic amines is 1. The predicted molar refractivity (Wildman–Crippen MR) is 54.5 cm³/mol. The number of carboxylic acid groups (broad SMARTS) is 1. The summed E-state index contributed by atoms with van der Waals surface area (Å²) in [5.74, 6) is -2.90. The van der Waals surface area contributed by atoms with Crippen molar-refractivity contribution in [2.75, 3.05) is 0 Å². The number of benzene rings is 1. The van der Waals surface area contributed by atoms with Crippen molar-refractivity contribution >= 4 is 17.0 Å². The van der Waals surface area contributed by atoms with E-state index in [1.165, 1.54) is 0 Å². The van der Waals surface area contributed by atoms with Gasteiger partial charge in [-0.05, 0) is 6.42 Å². The lowest BCUT2D eigenvalue weighted by Crippen LogP contribution is -1.99. The lowest BCUT2D eigenvalue weighted by atomic mass is 10.3. The molecule has 0 aliphatic heterocycles. The van der Waals surface area contributed by atoms with Crippen LogP contribution in [0.25, 0.3) is 11.0 Å². The van der Waals surface area contributed by atoms with Crippen molar-refractivity contribution < 1.29 is 18.7 Å². The van der Waals surface area contributed by atoms with Gasteiger partial charge in [0.05, 0.1) is 17.0 Å². The number of nitrogens with one attached hydrogen (secondary N) is 1. The second-order valence-corrected chi connectivity index (χ2v) is 4.19. The lowest BCUT2D eigenvalue weighted by molar-refractivity contribution is -0.138. The number of aromatic nitrogens is 2. The number of hydrogen-bond donors (Lipinski definition) is 2. The van der Waals surface area contributed by atoms with Crippen molar-refractivity contribution in [2.45, 2.75) is 12.3 Å². The van der Waals surface area contributed by atoms with Gasteiger partial charge in [0.2, 0.25) is 0 Å². The first-order valence-corrected chi connectivity index (χ1v) is 5.13. The van der Waals surface area contributed by atoms with Gasteiger partial charge in [-0.25, -0.2) is 13.8 Å². The van der Waals surface area contributed by atoms with Crippen LogP contribution in [0.4, 0.5) is 8.78 Å². The third-order valence-electron chi connectivity index (χ3n) is 3.00. The molecule has 2 unspecified atom stereocenters. The number of aliphatic carboxylic acids is 1. The fourth-order valence-electron chi connectivity index (χ4n) is 1.97. The molecule has 2 N–H and O–H groups in total. The number of H-pyrrole nitrogens is 1. The molecule has 0 amide bonds. The molecule has 3 rings (SSSR count). The smallest absolute Gasteiger partial charge is 0.307 e. The van der Waals surface area contributed by atoms with Crippen molar-refractivity contribution in [3.05, 3.63) is 29.6 Å². The standard InChI is InChI=1S/C11H8F2N2O2/c12-6-2-8-9(3-7(6)13)15-10(14-8)4-1-5(4)11(16)17/h2-5H,1H2,(H,14,15)(H,16,17). The van der Waals surface area contributed by atoms with Crippen LogP contribution < -0.4 is 0 Å². The summed E-state index contributed by atoms with van der Waals surface area (Å²) in [6, 6.07) is 2.03. The molecule has 1 aromatic heterocycles. The molecule has 4 nitrogen and oxygen atoms in total. The molecule has 2 aromatic rings. The van der Waals surface area contributed by atoms with Gasteiger partial charge in [-0.3, -0.25) is 4.79 Å². The monoisotopic (exact) mass is 238 g/mol. The quantitative estimate of drug-likeness (QED) is 0.841. The largest absolute Gasteiger partial charge is 0.481 e. The molecule has 0 spiro atoms. The minimum atomic E-state index is -0.957. The molecule has 1 aliphatic carbocycles. The maximum absolute atomic E-state index is 13.0. The number of rotatable bonds is 2. The summed E-state index contributed by atoms with van der Waals surface area (Å²) in [5.41, 5.74) is 0.699. The average molecular weight is 238 g/mol. The number of carboxylic acids is 1. The fraction of sp³-hybridized carbons (Fsp3) is 0.273. The summed E-state index contributed by atoms with van der Waals surface area (Å²) >= 11 is 0. The number of nitrogens with zero attached hydrogens (tertiary/aromatic N) is 1. The van der Waals surface area contributed by atoms with E-state index in [4.69, 9.17) is 5.11 Å². The van der Waals surface area contributed by atoms with Crippen LogP contribution in [0.2, 0.25) is 0 Å². The summed E-state index contributed by atoms with van der Waals surface area (Å²) in [7, 11) is 0. The number of fused-ring (bicyclic) bond motifs is 1. The summed E-state index contributed by atoms with van der Waals surface area (Å²) < 4.78 is 25.9. The van der Waals surface area contributed by atoms with Crippen LogP contribution >= 0.6 is 0 Å². The van der Waals surface area contributed by atoms with Crippen LogP contribution in [0.3, 0.4) is 0 Å². The Balaban J connectivity index is 2.01. The van der Waals surface area contributed by atoms with E-state index in [1.54, 1.807) is 0 Å². The van der Waals surface area contributed by atoms with Gasteiger partial charge in [-0.2, -0.15) is 0 Å². The minimum Gasteiger partial charge on any atom is -0.481 e. The van der Waals surface area contributed by atoms with Gasteiger partial charge in [0.15, 0.2) is 11.6 Å². The van der Waals surface area contributed by atoms with E-state index >= 15 is 0 Å². The van der Waals surface area contributed by atoms with Crippen molar-refractivity contribution in [2.24, 2.45) is 5.92 Å². The second kappa shape index (κ2) is 3.26. The summed E-state index contributed by atoms with van der Waals surface area (Å²) in [4.78, 5) is 17.6. The second-order valence-electron chi connectivity index (χ2n) is 4.19. The number of imidazole rings is 1. The molecular formula is C11H8F2N2O2. The van der Waals surface area contributed by atoms with Crippen LogP contribution in [0.1, 0.15) is 18.2 Å². The van der Waals surface area contributed by atoms with Gasteiger partial charge < -0.3 is 10.1 Å². The molecule has 1 fully saturated rings. The molecule has 1 heterocycles. The number of carbonyl (C=O) groups is 1. The van der Waals surface area contributed by atoms with Crippen LogP contribution in [-0.4, -0.2) is 21.0 Å². The molecule has 1 aromatic carbocycles. The highest BCUT2D eigenvalue weighted by Gasteiger charge is 2.46. The normalized spacial score (nSPS) is 22.9. The Bertz CT molecular complexity index is 584. The van der Waals surface area contributed by atoms with Crippen LogP contribution in [0, 0.1) is 17.6 Å². The Morgan fingerprint density at radius 1 is 1.41 bits per heavy atom. The third kappa shape index (κ3) is 1.56. The molecule has 88 valence electrons. The zero-order valence-electron chi connectivity index (χ0n) is 8.58. The molecule has 2 atom stereocenters. The van der Waals surface area contributed by atoms with Gasteiger partial charge in [0.1, 0.15) is 5.82 Å². The van der Waals surface area contributed by atoms with Crippen molar-refractivity contribution in [3.8, 4) is 0 Å². The molecule has 17 heavy (non-hydrogen) atoms. The van der Waals surface area contributed by atoms with E-state index in [1.807, 2.05) is 0 Å². The zero-order valence-corrected chi connectivity index (χ0v) is 8.58. The van der Waals surface area contributed by atoms with Gasteiger partial charge in [0.25, 0.3) is 0 Å². The van der Waals surface area contributed by atoms with Crippen molar-refractivity contribution in [3.63, 3.8) is 0 Å². The molecular weight excluding hydrogens is 230 g/mol. The Morgan fingerprint density at radius 3 is 2.76 bits per heavy atom. The Morgan fingerprint density at radius 2 is 2.12 bits per heavy atom. The lowest BCUT2D eigenvalue weighted by Gasteiger charge is -1.90. The average Bonchev–Trinajstić information content (AvgIpc) is 2.96. The highest BCUT2D eigenvalue weighted by atomic mass is 19.2. The van der Waals surface area contributed by atoms with Gasteiger partial charge in [0, 0.05) is 18.1 Å². The Kier molecular flexibility index (Phi) is 1.95. The first kappa shape index (κ1) is 10.2. The van der Waals surface area contributed by atoms with E-state index in [-0.39, 0.29) is 5.92 Å². The van der Waals surface area contributed by atoms with Gasteiger partial charge in [-0.15, -0.1) is 0 Å². The zero-order chi connectivity index (χ0) is 12.2. The van der Waals surface area contributed by atoms with Crippen LogP contribution in [0.5, 0.6) is 0 Å². The SMILES string of the molecule is O=C(O)C1CC1c1nc2cc(F)c(F)cc2[nH]1. The maximum Gasteiger partial charge on any atom is 0.307 e. The minimum absolute atomic E-state index is 0.175. The molecule has 1 aliphatic rings. The first-order chi connectivity index (χ1) is 8.06. The molecule has 0 bridgehead atoms. The van der Waals surface area contributed by atoms with Crippen LogP contribution in [0.15, 0.2) is 12.1 Å². The highest BCUT2D eigenvalue weighted by Crippen LogP contribution is 2.46. The maximum atomic E-state index is 13.0. The Labute approximate surface area is 94.3 Å². The fourth-order valence-corrected chi connectivity index (χ4v) is 1.97. The van der Waals surface area contributed by atoms with Gasteiger partial charge >= 0.3 is 5.97 Å². The summed E-state index contributed by atoms with van der Waals surface area (Å²) in [5, 5.41) is 8.79. The van der Waals surface area contributed by atoms with E-state index in [2.05, 4.69) is 9.97 Å². The van der Waals surface area contributed by atoms with E-state index in [0.29, 0.717) is 23.3 Å². The van der Waals surface area contributed by atoms with Crippen LogP contribution in [-0.2, 0) is 4.79 Å². The third-order valence-corrected chi connectivity index (χ3v) is 3.00. The highest BCUT2D eigenvalue weighted by molar-refractivity contribution is 5.78. The van der Waals surface area contributed by atoms with E-state index in [9.17, 15) is 13.6 Å². The van der Waals surface area contributed by atoms with E-state index < -0.39 is 23.5 Å². The topological polar surface area (TPSA) is 66.0 Å². The number of halogens is 2. The summed E-state index contributed by atoms with van der Waals surface area (Å²) in [6.07, 6.45) is 0.514. The Hall–Kier alpha value is -1.98. The molecule has 0 radical (unpaired) electrons. The molecule has 0 saturated heterocycles. The predicted octanol–water partition coefficient (Wildman–Crippen LogP) is 2.03. The van der Waals surface area contributed by atoms with E-state index in [0.717, 1.165) is 12.1 Å². The van der Waals surface area contributed by atoms with Crippen molar-refractivity contribution in [1.29, 1.82) is 0 Å². The number of hydrogen-bond acceptors (Lipinski definition) is 2.